The number of nitrogens with zero attached hydrogens (tertiary/aromatic N) is 5. The number of aliphatic hydroxyl groups excluding tert-OH is 1. The summed E-state index contributed by atoms with van der Waals surface area (Å²) in [6, 6.07) is 10.9. The van der Waals surface area contributed by atoms with Gasteiger partial charge in [-0.1, -0.05) is 24.3 Å². The molecular formula is C23H22FN5OS. The van der Waals surface area contributed by atoms with E-state index in [0.717, 1.165) is 42.4 Å². The van der Waals surface area contributed by atoms with Crippen LogP contribution in [0.25, 0.3) is 11.3 Å². The Kier molecular flexibility index (Phi) is 4.83. The molecule has 8 heteroatoms. The number of aromatic nitrogens is 4. The molecule has 2 aromatic heterocycles. The van der Waals surface area contributed by atoms with E-state index in [1.54, 1.807) is 11.8 Å². The molecule has 1 aliphatic carbocycles. The standard InChI is InChI=1S/C23H22FN5OS/c1-22(14-30)11-19-27-28-21(29(19)8-9-31-22)23(6-7-23)17-4-2-16(3-5-17)20-18(24)10-15(12-25)13-26-20/h2-5,10,13,30H,6-9,11,14H2,1H3. The van der Waals surface area contributed by atoms with Crippen LogP contribution in [0.15, 0.2) is 36.5 Å². The van der Waals surface area contributed by atoms with Crippen LogP contribution in [-0.2, 0) is 18.4 Å². The van der Waals surface area contributed by atoms with E-state index >= 15 is 0 Å². The summed E-state index contributed by atoms with van der Waals surface area (Å²) in [5.41, 5.74) is 2.11. The van der Waals surface area contributed by atoms with E-state index < -0.39 is 5.82 Å². The summed E-state index contributed by atoms with van der Waals surface area (Å²) in [5.74, 6) is 2.33. The molecule has 3 heterocycles. The maximum atomic E-state index is 14.4. The lowest BCUT2D eigenvalue weighted by Crippen LogP contribution is -2.28. The van der Waals surface area contributed by atoms with Gasteiger partial charge in [-0.05, 0) is 31.4 Å². The number of aliphatic hydroxyl groups is 1. The summed E-state index contributed by atoms with van der Waals surface area (Å²) in [5, 5.41) is 27.8. The van der Waals surface area contributed by atoms with E-state index in [1.165, 1.54) is 12.3 Å². The van der Waals surface area contributed by atoms with Crippen molar-refractivity contribution in [2.45, 2.75) is 42.9 Å². The zero-order valence-electron chi connectivity index (χ0n) is 17.2. The number of hydrogen-bond acceptors (Lipinski definition) is 6. The van der Waals surface area contributed by atoms with E-state index in [-0.39, 0.29) is 28.0 Å². The van der Waals surface area contributed by atoms with Crippen LogP contribution in [0.4, 0.5) is 4.39 Å². The average Bonchev–Trinajstić information content (AvgIpc) is 3.53. The summed E-state index contributed by atoms with van der Waals surface area (Å²) < 4.78 is 16.4. The lowest BCUT2D eigenvalue weighted by Gasteiger charge is -2.23. The van der Waals surface area contributed by atoms with Gasteiger partial charge in [-0.2, -0.15) is 17.0 Å². The molecule has 1 fully saturated rings. The van der Waals surface area contributed by atoms with Gasteiger partial charge in [-0.3, -0.25) is 4.98 Å². The van der Waals surface area contributed by atoms with Gasteiger partial charge in [0.1, 0.15) is 23.4 Å². The van der Waals surface area contributed by atoms with E-state index in [0.29, 0.717) is 12.0 Å². The van der Waals surface area contributed by atoms with Crippen molar-refractivity contribution in [1.29, 1.82) is 5.26 Å². The zero-order chi connectivity index (χ0) is 21.6. The van der Waals surface area contributed by atoms with Crippen LogP contribution < -0.4 is 0 Å². The summed E-state index contributed by atoms with van der Waals surface area (Å²) in [6.07, 6.45) is 4.08. The largest absolute Gasteiger partial charge is 0.395 e. The van der Waals surface area contributed by atoms with Gasteiger partial charge >= 0.3 is 0 Å². The molecule has 0 bridgehead atoms. The quantitative estimate of drug-likeness (QED) is 0.675. The highest BCUT2D eigenvalue weighted by molar-refractivity contribution is 8.00. The van der Waals surface area contributed by atoms with Crippen molar-refractivity contribution in [3.8, 4) is 17.3 Å². The fourth-order valence-corrected chi connectivity index (χ4v) is 5.44. The Morgan fingerprint density at radius 2 is 2.03 bits per heavy atom. The van der Waals surface area contributed by atoms with Crippen molar-refractivity contribution < 1.29 is 9.50 Å². The highest BCUT2D eigenvalue weighted by Gasteiger charge is 2.50. The first-order valence-electron chi connectivity index (χ1n) is 10.3. The Hall–Kier alpha value is -2.76. The van der Waals surface area contributed by atoms with Gasteiger partial charge in [0.2, 0.25) is 0 Å². The Morgan fingerprint density at radius 1 is 1.26 bits per heavy atom. The molecule has 1 unspecified atom stereocenters. The molecule has 5 rings (SSSR count). The molecule has 0 spiro atoms. The normalized spacial score (nSPS) is 21.7. The number of rotatable bonds is 4. The third-order valence-electron chi connectivity index (χ3n) is 6.32. The second kappa shape index (κ2) is 7.43. The van der Waals surface area contributed by atoms with Crippen molar-refractivity contribution in [3.05, 3.63) is 65.1 Å². The molecule has 1 N–H and O–H groups in total. The van der Waals surface area contributed by atoms with E-state index in [9.17, 15) is 9.50 Å². The van der Waals surface area contributed by atoms with Crippen LogP contribution in [0.5, 0.6) is 0 Å². The predicted molar refractivity (Wildman–Crippen MR) is 116 cm³/mol. The number of halogens is 1. The first-order chi connectivity index (χ1) is 15.0. The highest BCUT2D eigenvalue weighted by Crippen LogP contribution is 2.53. The third-order valence-corrected chi connectivity index (χ3v) is 7.68. The van der Waals surface area contributed by atoms with Gasteiger partial charge in [0.25, 0.3) is 0 Å². The SMILES string of the molecule is CC1(CO)Cc2nnc(C3(c4ccc(-c5ncc(C#N)cc5F)cc4)CC3)n2CCS1. The second-order valence-corrected chi connectivity index (χ2v) is 10.2. The van der Waals surface area contributed by atoms with Crippen LogP contribution >= 0.6 is 11.8 Å². The summed E-state index contributed by atoms with van der Waals surface area (Å²) in [4.78, 5) is 4.12. The number of benzene rings is 1. The average molecular weight is 436 g/mol. The van der Waals surface area contributed by atoms with Gasteiger partial charge in [-0.25, -0.2) is 4.39 Å². The van der Waals surface area contributed by atoms with Crippen LogP contribution in [0.1, 0.15) is 42.5 Å². The number of hydrogen-bond donors (Lipinski definition) is 1. The van der Waals surface area contributed by atoms with E-state index in [1.807, 2.05) is 30.3 Å². The van der Waals surface area contributed by atoms with Gasteiger partial charge < -0.3 is 9.67 Å². The molecule has 0 amide bonds. The number of pyridine rings is 1. The fraction of sp³-hybridized carbons (Fsp3) is 0.391. The van der Waals surface area contributed by atoms with E-state index in [2.05, 4.69) is 26.7 Å². The molecule has 31 heavy (non-hydrogen) atoms. The minimum atomic E-state index is -0.500. The van der Waals surface area contributed by atoms with Crippen LogP contribution in [0.2, 0.25) is 0 Å². The molecule has 0 saturated heterocycles. The molecule has 3 aromatic rings. The molecule has 158 valence electrons. The maximum absolute atomic E-state index is 14.4. The van der Waals surface area contributed by atoms with Crippen molar-refractivity contribution in [1.82, 2.24) is 19.7 Å². The smallest absolute Gasteiger partial charge is 0.150 e. The van der Waals surface area contributed by atoms with Gasteiger partial charge in [0.15, 0.2) is 5.82 Å². The lowest BCUT2D eigenvalue weighted by molar-refractivity contribution is 0.254. The monoisotopic (exact) mass is 435 g/mol. The van der Waals surface area contributed by atoms with Crippen LogP contribution in [-0.4, -0.2) is 42.0 Å². The second-order valence-electron chi connectivity index (χ2n) is 8.55. The Balaban J connectivity index is 1.46. The van der Waals surface area contributed by atoms with Crippen molar-refractivity contribution in [2.24, 2.45) is 0 Å². The Bertz CT molecular complexity index is 1180. The predicted octanol–water partition coefficient (Wildman–Crippen LogP) is 3.47. The molecular weight excluding hydrogens is 413 g/mol. The molecule has 6 nitrogen and oxygen atoms in total. The number of fused-ring (bicyclic) bond motifs is 1. The number of thioether (sulfide) groups is 1. The maximum Gasteiger partial charge on any atom is 0.150 e. The van der Waals surface area contributed by atoms with E-state index in [4.69, 9.17) is 5.26 Å². The first-order valence-corrected chi connectivity index (χ1v) is 11.3. The molecule has 2 aliphatic rings. The molecule has 0 radical (unpaired) electrons. The summed E-state index contributed by atoms with van der Waals surface area (Å²) in [6.45, 7) is 3.02. The van der Waals surface area contributed by atoms with Gasteiger partial charge in [-0.15, -0.1) is 10.2 Å². The van der Waals surface area contributed by atoms with Gasteiger partial charge in [0.05, 0.1) is 17.6 Å². The summed E-state index contributed by atoms with van der Waals surface area (Å²) in [7, 11) is 0. The Morgan fingerprint density at radius 3 is 2.68 bits per heavy atom. The number of nitriles is 1. The molecule has 1 atom stereocenters. The Labute approximate surface area is 184 Å². The third kappa shape index (κ3) is 3.42. The zero-order valence-corrected chi connectivity index (χ0v) is 18.0. The molecule has 1 saturated carbocycles. The van der Waals surface area contributed by atoms with Crippen LogP contribution in [0.3, 0.4) is 0 Å². The van der Waals surface area contributed by atoms with Gasteiger partial charge in [0, 0.05) is 35.2 Å². The van der Waals surface area contributed by atoms with Crippen molar-refractivity contribution in [3.63, 3.8) is 0 Å². The lowest BCUT2D eigenvalue weighted by atomic mass is 9.93. The van der Waals surface area contributed by atoms with Crippen molar-refractivity contribution in [2.75, 3.05) is 12.4 Å². The van der Waals surface area contributed by atoms with Crippen molar-refractivity contribution >= 4 is 11.8 Å². The van der Waals surface area contributed by atoms with Crippen LogP contribution in [0, 0.1) is 17.1 Å². The first kappa shape index (κ1) is 20.2. The molecule has 1 aliphatic heterocycles. The topological polar surface area (TPSA) is 87.6 Å². The highest BCUT2D eigenvalue weighted by atomic mass is 32.2. The summed E-state index contributed by atoms with van der Waals surface area (Å²) >= 11 is 1.79. The minimum absolute atomic E-state index is 0.117. The minimum Gasteiger partial charge on any atom is -0.395 e. The fourth-order valence-electron chi connectivity index (χ4n) is 4.35. The molecule has 1 aromatic carbocycles.